The first-order valence-electron chi connectivity index (χ1n) is 10.1. The van der Waals surface area contributed by atoms with E-state index >= 15 is 0 Å². The fourth-order valence-corrected chi connectivity index (χ4v) is 5.21. The molecule has 1 aliphatic carbocycles. The summed E-state index contributed by atoms with van der Waals surface area (Å²) >= 11 is 1.35. The topological polar surface area (TPSA) is 60.5 Å². The lowest BCUT2D eigenvalue weighted by Gasteiger charge is -2.28. The third kappa shape index (κ3) is 4.47. The summed E-state index contributed by atoms with van der Waals surface area (Å²) in [6.45, 7) is 0.396. The summed E-state index contributed by atoms with van der Waals surface area (Å²) in [5.41, 5.74) is 0.741. The monoisotopic (exact) mass is 480 g/mol. The normalized spacial score (nSPS) is 19.0. The number of thiazole rings is 1. The van der Waals surface area contributed by atoms with Crippen LogP contribution in [0.4, 0.5) is 18.3 Å². The van der Waals surface area contributed by atoms with Gasteiger partial charge in [-0.3, -0.25) is 4.72 Å². The van der Waals surface area contributed by atoms with Gasteiger partial charge in [-0.1, -0.05) is 6.07 Å². The Balaban J connectivity index is 1.38. The highest BCUT2D eigenvalue weighted by Crippen LogP contribution is 2.48. The Hall–Kier alpha value is -2.59. The molecule has 1 fully saturated rings. The summed E-state index contributed by atoms with van der Waals surface area (Å²) in [7, 11) is -1.50. The molecule has 0 spiro atoms. The Morgan fingerprint density at radius 2 is 1.97 bits per heavy atom. The van der Waals surface area contributed by atoms with Crippen LogP contribution < -0.4 is 14.2 Å². The van der Waals surface area contributed by atoms with Crippen molar-refractivity contribution in [2.24, 2.45) is 0 Å². The second kappa shape index (κ2) is 8.40. The zero-order chi connectivity index (χ0) is 22.3. The van der Waals surface area contributed by atoms with Gasteiger partial charge in [0.05, 0.1) is 17.1 Å². The lowest BCUT2D eigenvalue weighted by molar-refractivity contribution is -0.137. The molecule has 0 radical (unpaired) electrons. The van der Waals surface area contributed by atoms with Crippen molar-refractivity contribution in [1.29, 1.82) is 0 Å². The largest absolute Gasteiger partial charge is 0.493 e. The van der Waals surface area contributed by atoms with Gasteiger partial charge in [-0.25, -0.2) is 9.19 Å². The van der Waals surface area contributed by atoms with Crippen molar-refractivity contribution in [3.63, 3.8) is 0 Å². The minimum atomic E-state index is -4.38. The van der Waals surface area contributed by atoms with E-state index in [1.54, 1.807) is 29.8 Å². The van der Waals surface area contributed by atoms with Gasteiger partial charge in [0.25, 0.3) is 0 Å². The number of aromatic nitrogens is 1. The summed E-state index contributed by atoms with van der Waals surface area (Å²) in [6, 6.07) is 8.94. The first-order valence-corrected chi connectivity index (χ1v) is 12.1. The van der Waals surface area contributed by atoms with Crippen molar-refractivity contribution in [3.05, 3.63) is 64.7 Å². The van der Waals surface area contributed by atoms with Crippen LogP contribution in [0.2, 0.25) is 0 Å². The van der Waals surface area contributed by atoms with Crippen LogP contribution in [0.15, 0.2) is 52.9 Å². The average molecular weight is 481 g/mol. The molecule has 1 aliphatic heterocycles. The number of nitrogens with one attached hydrogen (secondary N) is 1. The van der Waals surface area contributed by atoms with Gasteiger partial charge in [0.1, 0.15) is 17.6 Å². The number of benzene rings is 2. The third-order valence-corrected chi connectivity index (χ3v) is 7.30. The molecule has 2 aliphatic rings. The van der Waals surface area contributed by atoms with Crippen LogP contribution in [0, 0.1) is 0 Å². The number of fused-ring (bicyclic) bond motifs is 1. The van der Waals surface area contributed by atoms with Gasteiger partial charge in [0.2, 0.25) is 0 Å². The molecular formula is C22H19F3N2O3S2. The standard InChI is InChI=1S/C22H19F3N2O3S2/c23-22(24,25)14-3-6-18(17(11-14)13-1-2-13)30-19-7-9-29-20-12-15(4-5-16(19)20)32(28)27-21-26-8-10-31-21/h3-6,8,10-13,19H,1-2,7,9H2,(H,26,27). The molecule has 1 aromatic heterocycles. The summed E-state index contributed by atoms with van der Waals surface area (Å²) < 4.78 is 66.9. The maximum atomic E-state index is 13.2. The number of ether oxygens (including phenoxy) is 2. The number of anilines is 1. The fraction of sp³-hybridized carbons (Fsp3) is 0.318. The highest BCUT2D eigenvalue weighted by atomic mass is 32.2. The Labute approximate surface area is 189 Å². The van der Waals surface area contributed by atoms with Gasteiger partial charge in [-0.05, 0) is 54.7 Å². The molecule has 3 aromatic rings. The van der Waals surface area contributed by atoms with E-state index < -0.39 is 22.7 Å². The molecule has 0 saturated heterocycles. The molecule has 2 atom stereocenters. The van der Waals surface area contributed by atoms with Crippen molar-refractivity contribution in [1.82, 2.24) is 4.98 Å². The average Bonchev–Trinajstić information content (AvgIpc) is 3.49. The number of nitrogens with zero attached hydrogens (tertiary/aromatic N) is 1. The Morgan fingerprint density at radius 3 is 2.69 bits per heavy atom. The minimum absolute atomic E-state index is 0.105. The van der Waals surface area contributed by atoms with Crippen molar-refractivity contribution >= 4 is 27.5 Å². The van der Waals surface area contributed by atoms with Crippen LogP contribution >= 0.6 is 11.3 Å². The van der Waals surface area contributed by atoms with Crippen LogP contribution in [-0.2, 0) is 17.2 Å². The maximum Gasteiger partial charge on any atom is 0.416 e. The van der Waals surface area contributed by atoms with Gasteiger partial charge in [0.15, 0.2) is 16.1 Å². The van der Waals surface area contributed by atoms with Crippen LogP contribution in [0.1, 0.15) is 48.0 Å². The minimum Gasteiger partial charge on any atom is -0.493 e. The van der Waals surface area contributed by atoms with Crippen molar-refractivity contribution in [2.75, 3.05) is 11.3 Å². The van der Waals surface area contributed by atoms with Crippen molar-refractivity contribution in [3.8, 4) is 11.5 Å². The van der Waals surface area contributed by atoms with Crippen LogP contribution in [0.5, 0.6) is 11.5 Å². The van der Waals surface area contributed by atoms with Gasteiger partial charge in [-0.2, -0.15) is 13.2 Å². The van der Waals surface area contributed by atoms with Crippen LogP contribution in [0.3, 0.4) is 0 Å². The SMILES string of the molecule is O=S(Nc1nccs1)c1ccc2c(c1)OCCC2Oc1ccc(C(F)(F)F)cc1C1CC1. The second-order valence-electron chi connectivity index (χ2n) is 7.68. The van der Waals surface area contributed by atoms with Crippen molar-refractivity contribution < 1.29 is 26.9 Å². The smallest absolute Gasteiger partial charge is 0.416 e. The summed E-state index contributed by atoms with van der Waals surface area (Å²) in [6.07, 6.45) is -0.821. The quantitative estimate of drug-likeness (QED) is 0.465. The Bertz CT molecular complexity index is 1150. The van der Waals surface area contributed by atoms with E-state index in [1.165, 1.54) is 23.5 Å². The van der Waals surface area contributed by atoms with E-state index in [4.69, 9.17) is 9.47 Å². The zero-order valence-corrected chi connectivity index (χ0v) is 18.4. The Kier molecular flexibility index (Phi) is 5.58. The molecule has 2 heterocycles. The van der Waals surface area contributed by atoms with Crippen LogP contribution in [0.25, 0.3) is 0 Å². The van der Waals surface area contributed by atoms with E-state index in [9.17, 15) is 17.4 Å². The number of hydrogen-bond donors (Lipinski definition) is 1. The highest BCUT2D eigenvalue weighted by molar-refractivity contribution is 7.86. The summed E-state index contributed by atoms with van der Waals surface area (Å²) in [4.78, 5) is 4.60. The third-order valence-electron chi connectivity index (χ3n) is 5.42. The zero-order valence-electron chi connectivity index (χ0n) is 16.7. The van der Waals surface area contributed by atoms with Gasteiger partial charge < -0.3 is 9.47 Å². The van der Waals surface area contributed by atoms with Gasteiger partial charge in [-0.15, -0.1) is 11.3 Å². The molecule has 5 rings (SSSR count). The predicted molar refractivity (Wildman–Crippen MR) is 115 cm³/mol. The Morgan fingerprint density at radius 1 is 1.12 bits per heavy atom. The molecule has 0 bridgehead atoms. The first kappa shape index (κ1) is 21.3. The van der Waals surface area contributed by atoms with E-state index in [-0.39, 0.29) is 12.0 Å². The molecule has 10 heteroatoms. The molecule has 5 nitrogen and oxygen atoms in total. The molecule has 2 unspecified atom stereocenters. The van der Waals surface area contributed by atoms with E-state index in [0.717, 1.165) is 24.5 Å². The fourth-order valence-electron chi connectivity index (χ4n) is 3.69. The number of hydrogen-bond acceptors (Lipinski definition) is 5. The number of alkyl halides is 3. The lowest BCUT2D eigenvalue weighted by atomic mass is 10.0. The lowest BCUT2D eigenvalue weighted by Crippen LogP contribution is -2.20. The summed E-state index contributed by atoms with van der Waals surface area (Å²) in [5, 5.41) is 2.34. The first-order chi connectivity index (χ1) is 15.4. The van der Waals surface area contributed by atoms with E-state index in [1.807, 2.05) is 0 Å². The maximum absolute atomic E-state index is 13.2. The van der Waals surface area contributed by atoms with E-state index in [0.29, 0.717) is 40.1 Å². The molecule has 1 saturated carbocycles. The number of halogens is 3. The number of rotatable bonds is 6. The van der Waals surface area contributed by atoms with Crippen molar-refractivity contribution in [2.45, 2.75) is 42.4 Å². The predicted octanol–water partition coefficient (Wildman–Crippen LogP) is 6.08. The molecule has 0 amide bonds. The molecule has 32 heavy (non-hydrogen) atoms. The van der Waals surface area contributed by atoms with E-state index in [2.05, 4.69) is 9.71 Å². The molecule has 2 aromatic carbocycles. The summed E-state index contributed by atoms with van der Waals surface area (Å²) in [5.74, 6) is 1.15. The highest BCUT2D eigenvalue weighted by Gasteiger charge is 2.35. The molecular weight excluding hydrogens is 461 g/mol. The van der Waals surface area contributed by atoms with Crippen LogP contribution in [-0.4, -0.2) is 15.8 Å². The second-order valence-corrected chi connectivity index (χ2v) is 9.78. The molecule has 1 N–H and O–H groups in total. The molecule has 168 valence electrons. The van der Waals surface area contributed by atoms with Gasteiger partial charge in [0, 0.05) is 23.6 Å². The van der Waals surface area contributed by atoms with Gasteiger partial charge >= 0.3 is 6.18 Å².